The third-order valence-corrected chi connectivity index (χ3v) is 7.55. The maximum Gasteiger partial charge on any atom is 0.312 e. The molecule has 1 unspecified atom stereocenters. The van der Waals surface area contributed by atoms with Crippen LogP contribution < -0.4 is 5.32 Å². The van der Waals surface area contributed by atoms with Crippen LogP contribution in [-0.2, 0) is 20.8 Å². The number of amides is 1. The molecule has 0 bridgehead atoms. The van der Waals surface area contributed by atoms with E-state index in [9.17, 15) is 14.4 Å². The van der Waals surface area contributed by atoms with Crippen LogP contribution in [0.1, 0.15) is 100 Å². The van der Waals surface area contributed by atoms with Crippen molar-refractivity contribution in [1.29, 1.82) is 0 Å². The summed E-state index contributed by atoms with van der Waals surface area (Å²) in [5, 5.41) is 20.6. The molecule has 0 spiro atoms. The Morgan fingerprint density at radius 3 is 2.22 bits per heavy atom. The molecule has 1 atom stereocenters. The van der Waals surface area contributed by atoms with Crippen LogP contribution in [0.15, 0.2) is 53.4 Å². The molecule has 2 aromatic carbocycles. The summed E-state index contributed by atoms with van der Waals surface area (Å²) in [7, 11) is 0. The zero-order valence-corrected chi connectivity index (χ0v) is 22.7. The maximum atomic E-state index is 11.8. The lowest BCUT2D eigenvalue weighted by Gasteiger charge is -2.18. The maximum absolute atomic E-state index is 11.8. The van der Waals surface area contributed by atoms with Gasteiger partial charge in [-0.2, -0.15) is 0 Å². The van der Waals surface area contributed by atoms with E-state index < -0.39 is 24.3 Å². The van der Waals surface area contributed by atoms with Crippen molar-refractivity contribution in [2.45, 2.75) is 101 Å². The summed E-state index contributed by atoms with van der Waals surface area (Å²) in [5.41, 5.74) is 3.10. The molecule has 0 saturated heterocycles. The summed E-state index contributed by atoms with van der Waals surface area (Å²) >= 11 is 1.68. The quantitative estimate of drug-likeness (QED) is 0.0975. The minimum absolute atomic E-state index is 0.145. The van der Waals surface area contributed by atoms with E-state index in [1.165, 1.54) is 56.1 Å². The summed E-state index contributed by atoms with van der Waals surface area (Å²) in [5.74, 6) is -2.50. The monoisotopic (exact) mass is 527 g/mol. The number of rotatable bonds is 19. The molecule has 37 heavy (non-hydrogen) atoms. The number of unbranched alkanes of at least 4 members (excludes halogenated alkanes) is 7. The van der Waals surface area contributed by atoms with Gasteiger partial charge in [0, 0.05) is 22.3 Å². The first-order chi connectivity index (χ1) is 17.9. The van der Waals surface area contributed by atoms with Crippen molar-refractivity contribution in [1.82, 2.24) is 0 Å². The summed E-state index contributed by atoms with van der Waals surface area (Å²) in [4.78, 5) is 34.5. The lowest BCUT2D eigenvalue weighted by atomic mass is 10.0. The molecule has 0 aromatic heterocycles. The van der Waals surface area contributed by atoms with Gasteiger partial charge in [0.05, 0.1) is 0 Å². The normalized spacial score (nSPS) is 11.7. The number of carboxylic acids is 2. The second-order valence-electron chi connectivity index (χ2n) is 9.51. The summed E-state index contributed by atoms with van der Waals surface area (Å²) < 4.78 is 0. The fourth-order valence-electron chi connectivity index (χ4n) is 4.24. The summed E-state index contributed by atoms with van der Waals surface area (Å²) in [6.45, 7) is 2.24. The average molecular weight is 528 g/mol. The van der Waals surface area contributed by atoms with E-state index >= 15 is 0 Å². The minimum Gasteiger partial charge on any atom is -0.481 e. The van der Waals surface area contributed by atoms with Crippen molar-refractivity contribution in [2.75, 3.05) is 5.32 Å². The van der Waals surface area contributed by atoms with Crippen molar-refractivity contribution in [3.63, 3.8) is 0 Å². The van der Waals surface area contributed by atoms with Crippen molar-refractivity contribution in [3.8, 4) is 0 Å². The summed E-state index contributed by atoms with van der Waals surface area (Å²) in [6, 6.07) is 16.2. The van der Waals surface area contributed by atoms with Gasteiger partial charge in [-0.3, -0.25) is 14.4 Å². The van der Waals surface area contributed by atoms with Gasteiger partial charge in [0.2, 0.25) is 5.91 Å². The fourth-order valence-corrected chi connectivity index (χ4v) is 5.50. The Morgan fingerprint density at radius 2 is 1.54 bits per heavy atom. The number of carbonyl (C=O) groups is 3. The van der Waals surface area contributed by atoms with Crippen LogP contribution in [0.5, 0.6) is 0 Å². The topological polar surface area (TPSA) is 104 Å². The molecule has 0 aliphatic heterocycles. The molecule has 0 aliphatic carbocycles. The number of anilines is 1. The minimum atomic E-state index is -1.17. The lowest BCUT2D eigenvalue weighted by Crippen LogP contribution is -2.15. The number of nitrogens with one attached hydrogen (secondary N) is 1. The van der Waals surface area contributed by atoms with Crippen molar-refractivity contribution in [3.05, 3.63) is 59.7 Å². The Bertz CT molecular complexity index is 976. The number of carboxylic acid groups (broad SMARTS) is 2. The number of thioether (sulfide) groups is 1. The van der Waals surface area contributed by atoms with Gasteiger partial charge in [-0.1, -0.05) is 82.2 Å². The Balaban J connectivity index is 2.00. The first-order valence-electron chi connectivity index (χ1n) is 13.5. The SMILES string of the molecule is CCCCCCCCCc1ccc(C(CCCCC(=O)O)Sc2cccc(NC(=O)CC(=O)O)c2)cc1. The van der Waals surface area contributed by atoms with E-state index in [1.807, 2.05) is 18.2 Å². The van der Waals surface area contributed by atoms with E-state index in [4.69, 9.17) is 10.2 Å². The molecule has 0 aliphatic rings. The Kier molecular flexibility index (Phi) is 14.5. The van der Waals surface area contributed by atoms with Gasteiger partial charge >= 0.3 is 11.9 Å². The highest BCUT2D eigenvalue weighted by Crippen LogP contribution is 2.40. The Morgan fingerprint density at radius 1 is 0.838 bits per heavy atom. The van der Waals surface area contributed by atoms with E-state index in [0.717, 1.165) is 24.2 Å². The fraction of sp³-hybridized carbons (Fsp3) is 0.500. The van der Waals surface area contributed by atoms with Crippen LogP contribution in [-0.4, -0.2) is 28.1 Å². The number of aryl methyl sites for hydroxylation is 1. The predicted molar refractivity (Wildman–Crippen MR) is 150 cm³/mol. The third-order valence-electron chi connectivity index (χ3n) is 6.24. The molecule has 2 aromatic rings. The van der Waals surface area contributed by atoms with E-state index in [2.05, 4.69) is 36.5 Å². The van der Waals surface area contributed by atoms with Crippen molar-refractivity contribution in [2.24, 2.45) is 0 Å². The van der Waals surface area contributed by atoms with Crippen LogP contribution in [0.4, 0.5) is 5.69 Å². The second kappa shape index (κ2) is 17.6. The average Bonchev–Trinajstić information content (AvgIpc) is 2.85. The molecule has 2 rings (SSSR count). The van der Waals surface area contributed by atoms with Crippen molar-refractivity contribution >= 4 is 35.3 Å². The largest absolute Gasteiger partial charge is 0.481 e. The Labute approximate surface area is 225 Å². The Hall–Kier alpha value is -2.80. The van der Waals surface area contributed by atoms with E-state index in [0.29, 0.717) is 12.1 Å². The molecule has 0 fully saturated rings. The molecule has 7 heteroatoms. The standard InChI is InChI=1S/C30H41NO5S/c1-2-3-4-5-6-7-8-12-23-17-19-24(20-18-23)27(15-9-10-16-29(33)34)37-26-14-11-13-25(21-26)31-28(32)22-30(35)36/h11,13-14,17-21,27H,2-10,12,15-16,22H2,1H3,(H,31,32)(H,33,34)(H,35,36). The highest BCUT2D eigenvalue weighted by Gasteiger charge is 2.15. The van der Waals surface area contributed by atoms with Gasteiger partial charge in [-0.15, -0.1) is 11.8 Å². The van der Waals surface area contributed by atoms with Crippen LogP contribution in [0, 0.1) is 0 Å². The van der Waals surface area contributed by atoms with Gasteiger partial charge in [0.1, 0.15) is 6.42 Å². The third kappa shape index (κ3) is 13.4. The number of carbonyl (C=O) groups excluding carboxylic acids is 1. The zero-order chi connectivity index (χ0) is 26.9. The van der Waals surface area contributed by atoms with E-state index in [1.54, 1.807) is 17.8 Å². The molecule has 6 nitrogen and oxygen atoms in total. The van der Waals surface area contributed by atoms with Gasteiger partial charge in [-0.25, -0.2) is 0 Å². The van der Waals surface area contributed by atoms with Crippen LogP contribution >= 0.6 is 11.8 Å². The summed E-state index contributed by atoms with van der Waals surface area (Å²) in [6.07, 6.45) is 12.0. The van der Waals surface area contributed by atoms with Crippen LogP contribution in [0.2, 0.25) is 0 Å². The van der Waals surface area contributed by atoms with Crippen LogP contribution in [0.25, 0.3) is 0 Å². The number of hydrogen-bond donors (Lipinski definition) is 3. The molecule has 1 amide bonds. The molecule has 0 heterocycles. The molecule has 0 radical (unpaired) electrons. The molecular formula is C30H41NO5S. The zero-order valence-electron chi connectivity index (χ0n) is 21.9. The second-order valence-corrected chi connectivity index (χ2v) is 10.8. The highest BCUT2D eigenvalue weighted by molar-refractivity contribution is 7.99. The van der Waals surface area contributed by atoms with Gasteiger partial charge < -0.3 is 15.5 Å². The smallest absolute Gasteiger partial charge is 0.312 e. The number of aliphatic carboxylic acids is 2. The predicted octanol–water partition coefficient (Wildman–Crippen LogP) is 7.87. The first-order valence-corrected chi connectivity index (χ1v) is 14.3. The molecule has 0 saturated carbocycles. The van der Waals surface area contributed by atoms with Gasteiger partial charge in [-0.05, 0) is 55.0 Å². The molecular weight excluding hydrogens is 486 g/mol. The van der Waals surface area contributed by atoms with Crippen molar-refractivity contribution < 1.29 is 24.6 Å². The number of benzene rings is 2. The first kappa shape index (κ1) is 30.4. The van der Waals surface area contributed by atoms with Gasteiger partial charge in [0.15, 0.2) is 0 Å². The van der Waals surface area contributed by atoms with Gasteiger partial charge in [0.25, 0.3) is 0 Å². The lowest BCUT2D eigenvalue weighted by molar-refractivity contribution is -0.140. The highest BCUT2D eigenvalue weighted by atomic mass is 32.2. The molecule has 3 N–H and O–H groups in total. The number of hydrogen-bond acceptors (Lipinski definition) is 4. The molecule has 202 valence electrons. The van der Waals surface area contributed by atoms with E-state index in [-0.39, 0.29) is 11.7 Å². The van der Waals surface area contributed by atoms with Crippen LogP contribution in [0.3, 0.4) is 0 Å².